The first-order chi connectivity index (χ1) is 9.70. The molecule has 0 saturated carbocycles. The van der Waals surface area contributed by atoms with E-state index in [-0.39, 0.29) is 5.97 Å². The Morgan fingerprint density at radius 3 is 2.45 bits per heavy atom. The molecule has 0 unspecified atom stereocenters. The van der Waals surface area contributed by atoms with E-state index in [2.05, 4.69) is 30.8 Å². The SMILES string of the molecule is C=C(C)C(=O)OCCCCCCCSc1ccccc1. The van der Waals surface area contributed by atoms with Crippen LogP contribution in [0.4, 0.5) is 0 Å². The highest BCUT2D eigenvalue weighted by molar-refractivity contribution is 7.99. The number of benzene rings is 1. The zero-order chi connectivity index (χ0) is 14.6. The summed E-state index contributed by atoms with van der Waals surface area (Å²) < 4.78 is 5.05. The van der Waals surface area contributed by atoms with Crippen LogP contribution < -0.4 is 0 Å². The second-order valence-corrected chi connectivity index (χ2v) is 6.01. The predicted octanol–water partition coefficient (Wildman–Crippen LogP) is 4.85. The van der Waals surface area contributed by atoms with Crippen LogP contribution in [0.25, 0.3) is 0 Å². The van der Waals surface area contributed by atoms with Gasteiger partial charge in [-0.15, -0.1) is 11.8 Å². The highest BCUT2D eigenvalue weighted by Gasteiger charge is 2.01. The summed E-state index contributed by atoms with van der Waals surface area (Å²) in [6, 6.07) is 10.5. The van der Waals surface area contributed by atoms with Gasteiger partial charge in [-0.3, -0.25) is 0 Å². The van der Waals surface area contributed by atoms with Crippen molar-refractivity contribution in [3.8, 4) is 0 Å². The summed E-state index contributed by atoms with van der Waals surface area (Å²) in [6.45, 7) is 5.74. The van der Waals surface area contributed by atoms with Crippen molar-refractivity contribution in [1.82, 2.24) is 0 Å². The van der Waals surface area contributed by atoms with E-state index in [1.165, 1.54) is 29.9 Å². The van der Waals surface area contributed by atoms with E-state index in [0.717, 1.165) is 12.8 Å². The summed E-state index contributed by atoms with van der Waals surface area (Å²) in [5.74, 6) is 0.901. The van der Waals surface area contributed by atoms with Crippen molar-refractivity contribution >= 4 is 17.7 Å². The standard InChI is InChI=1S/C17H24O2S/c1-15(2)17(18)19-13-9-4-3-5-10-14-20-16-11-7-6-8-12-16/h6-8,11-12H,1,3-5,9-10,13-14H2,2H3. The lowest BCUT2D eigenvalue weighted by Crippen LogP contribution is -2.05. The van der Waals surface area contributed by atoms with E-state index >= 15 is 0 Å². The van der Waals surface area contributed by atoms with Crippen LogP contribution in [0.3, 0.4) is 0 Å². The van der Waals surface area contributed by atoms with Crippen LogP contribution in [0.5, 0.6) is 0 Å². The Hall–Kier alpha value is -1.22. The average molecular weight is 292 g/mol. The van der Waals surface area contributed by atoms with Crippen molar-refractivity contribution in [1.29, 1.82) is 0 Å². The zero-order valence-corrected chi connectivity index (χ0v) is 13.1. The molecule has 0 amide bonds. The lowest BCUT2D eigenvalue weighted by atomic mass is 10.2. The first-order valence-corrected chi connectivity index (χ1v) is 8.19. The quantitative estimate of drug-likeness (QED) is 0.267. The second kappa shape index (κ2) is 10.6. The molecule has 0 bridgehead atoms. The van der Waals surface area contributed by atoms with Gasteiger partial charge in [-0.25, -0.2) is 4.79 Å². The van der Waals surface area contributed by atoms with E-state index in [1.54, 1.807) is 6.92 Å². The smallest absolute Gasteiger partial charge is 0.333 e. The third-order valence-corrected chi connectivity index (χ3v) is 3.98. The molecule has 1 aromatic carbocycles. The maximum atomic E-state index is 11.1. The number of thioether (sulfide) groups is 1. The van der Waals surface area contributed by atoms with E-state index in [1.807, 2.05) is 17.8 Å². The summed E-state index contributed by atoms with van der Waals surface area (Å²) in [7, 11) is 0. The number of esters is 1. The lowest BCUT2D eigenvalue weighted by molar-refractivity contribution is -0.139. The first kappa shape index (κ1) is 16.8. The molecule has 2 nitrogen and oxygen atoms in total. The fraction of sp³-hybridized carbons (Fsp3) is 0.471. The van der Waals surface area contributed by atoms with Gasteiger partial charge >= 0.3 is 5.97 Å². The molecule has 0 radical (unpaired) electrons. The maximum absolute atomic E-state index is 11.1. The topological polar surface area (TPSA) is 26.3 Å². The van der Waals surface area contributed by atoms with Crippen molar-refractivity contribution in [2.45, 2.75) is 43.9 Å². The van der Waals surface area contributed by atoms with Crippen LogP contribution in [0.15, 0.2) is 47.4 Å². The molecule has 1 rings (SSSR count). The average Bonchev–Trinajstić information content (AvgIpc) is 2.46. The molecule has 20 heavy (non-hydrogen) atoms. The van der Waals surface area contributed by atoms with E-state index in [9.17, 15) is 4.79 Å². The Labute approximate surface area is 126 Å². The molecule has 0 aromatic heterocycles. The fourth-order valence-electron chi connectivity index (χ4n) is 1.73. The van der Waals surface area contributed by atoms with Crippen molar-refractivity contribution in [2.24, 2.45) is 0 Å². The van der Waals surface area contributed by atoms with Crippen LogP contribution in [-0.2, 0) is 9.53 Å². The van der Waals surface area contributed by atoms with Gasteiger partial charge in [0.15, 0.2) is 0 Å². The third kappa shape index (κ3) is 8.05. The minimum absolute atomic E-state index is 0.274. The van der Waals surface area contributed by atoms with Gasteiger partial charge in [0.2, 0.25) is 0 Å². The molecule has 0 N–H and O–H groups in total. The van der Waals surface area contributed by atoms with Crippen molar-refractivity contribution in [3.05, 3.63) is 42.5 Å². The van der Waals surface area contributed by atoms with Crippen LogP contribution in [0.1, 0.15) is 39.0 Å². The molecular formula is C17H24O2S. The maximum Gasteiger partial charge on any atom is 0.333 e. The molecule has 110 valence electrons. The Kier molecular flexibility index (Phi) is 8.88. The van der Waals surface area contributed by atoms with Crippen LogP contribution in [-0.4, -0.2) is 18.3 Å². The minimum atomic E-state index is -0.274. The van der Waals surface area contributed by atoms with Gasteiger partial charge in [0.1, 0.15) is 0 Å². The molecule has 0 aliphatic rings. The summed E-state index contributed by atoms with van der Waals surface area (Å²) in [5.41, 5.74) is 0.475. The van der Waals surface area contributed by atoms with Gasteiger partial charge in [-0.2, -0.15) is 0 Å². The molecule has 0 heterocycles. The Morgan fingerprint density at radius 2 is 1.75 bits per heavy atom. The predicted molar refractivity (Wildman–Crippen MR) is 86.0 cm³/mol. The molecule has 1 aromatic rings. The molecule has 0 saturated heterocycles. The molecule has 3 heteroatoms. The van der Waals surface area contributed by atoms with Gasteiger partial charge < -0.3 is 4.74 Å². The monoisotopic (exact) mass is 292 g/mol. The Bertz CT molecular complexity index is 401. The van der Waals surface area contributed by atoms with Crippen LogP contribution in [0.2, 0.25) is 0 Å². The van der Waals surface area contributed by atoms with Gasteiger partial charge in [-0.05, 0) is 37.7 Å². The first-order valence-electron chi connectivity index (χ1n) is 7.20. The highest BCUT2D eigenvalue weighted by atomic mass is 32.2. The number of unbranched alkanes of at least 4 members (excludes halogenated alkanes) is 4. The summed E-state index contributed by atoms with van der Waals surface area (Å²) >= 11 is 1.92. The number of carbonyl (C=O) groups is 1. The van der Waals surface area contributed by atoms with E-state index < -0.39 is 0 Å². The molecular weight excluding hydrogens is 268 g/mol. The van der Waals surface area contributed by atoms with Gasteiger partial charge in [0.25, 0.3) is 0 Å². The molecule has 0 aliphatic carbocycles. The number of ether oxygens (including phenoxy) is 1. The Balaban J connectivity index is 1.88. The normalized spacial score (nSPS) is 10.2. The largest absolute Gasteiger partial charge is 0.462 e. The van der Waals surface area contributed by atoms with Crippen LogP contribution >= 0.6 is 11.8 Å². The van der Waals surface area contributed by atoms with Crippen LogP contribution in [0, 0.1) is 0 Å². The zero-order valence-electron chi connectivity index (χ0n) is 12.3. The van der Waals surface area contributed by atoms with Gasteiger partial charge in [0, 0.05) is 10.5 Å². The number of carbonyl (C=O) groups excluding carboxylic acids is 1. The number of hydrogen-bond donors (Lipinski definition) is 0. The molecule has 0 spiro atoms. The molecule has 0 atom stereocenters. The fourth-order valence-corrected chi connectivity index (χ4v) is 2.66. The second-order valence-electron chi connectivity index (χ2n) is 4.85. The van der Waals surface area contributed by atoms with Gasteiger partial charge in [0.05, 0.1) is 6.61 Å². The molecule has 0 fully saturated rings. The van der Waals surface area contributed by atoms with Gasteiger partial charge in [-0.1, -0.05) is 44.0 Å². The highest BCUT2D eigenvalue weighted by Crippen LogP contribution is 2.19. The third-order valence-electron chi connectivity index (χ3n) is 2.88. The number of hydrogen-bond acceptors (Lipinski definition) is 3. The van der Waals surface area contributed by atoms with Crippen molar-refractivity contribution in [3.63, 3.8) is 0 Å². The van der Waals surface area contributed by atoms with Crippen molar-refractivity contribution in [2.75, 3.05) is 12.4 Å². The van der Waals surface area contributed by atoms with E-state index in [4.69, 9.17) is 4.74 Å². The Morgan fingerprint density at radius 1 is 1.10 bits per heavy atom. The van der Waals surface area contributed by atoms with Crippen molar-refractivity contribution < 1.29 is 9.53 Å². The number of rotatable bonds is 10. The summed E-state index contributed by atoms with van der Waals surface area (Å²) in [6.07, 6.45) is 5.77. The lowest BCUT2D eigenvalue weighted by Gasteiger charge is -2.04. The molecule has 0 aliphatic heterocycles. The minimum Gasteiger partial charge on any atom is -0.462 e. The van der Waals surface area contributed by atoms with E-state index in [0.29, 0.717) is 12.2 Å². The summed E-state index contributed by atoms with van der Waals surface area (Å²) in [4.78, 5) is 12.5. The summed E-state index contributed by atoms with van der Waals surface area (Å²) in [5, 5.41) is 0.